The Morgan fingerprint density at radius 3 is 2.47 bits per heavy atom. The van der Waals surface area contributed by atoms with Gasteiger partial charge in [-0.1, -0.05) is 42.0 Å². The molecule has 0 aromatic heterocycles. The number of nitrogens with zero attached hydrogens (tertiary/aromatic N) is 1. The Bertz CT molecular complexity index is 1230. The van der Waals surface area contributed by atoms with Crippen molar-refractivity contribution in [3.05, 3.63) is 64.2 Å². The van der Waals surface area contributed by atoms with Gasteiger partial charge in [0.15, 0.2) is 0 Å². The Hall–Kier alpha value is -2.71. The van der Waals surface area contributed by atoms with E-state index in [4.69, 9.17) is 0 Å². The van der Waals surface area contributed by atoms with Gasteiger partial charge in [0.2, 0.25) is 21.8 Å². The van der Waals surface area contributed by atoms with Crippen molar-refractivity contribution in [2.45, 2.75) is 76.4 Å². The zero-order valence-corrected chi connectivity index (χ0v) is 21.3. The molecule has 2 aliphatic rings. The van der Waals surface area contributed by atoms with Crippen LogP contribution in [0.4, 0.5) is 0 Å². The summed E-state index contributed by atoms with van der Waals surface area (Å²) in [6, 6.07) is 10.4. The first-order valence-electron chi connectivity index (χ1n) is 11.7. The molecule has 1 aliphatic carbocycles. The third-order valence-electron chi connectivity index (χ3n) is 6.68. The topological polar surface area (TPSA) is 95.6 Å². The standard InChI is InChI=1S/C26H33N3O4S/c1-16-12-17(2)24(18(3)13-16)34(32,33)29-15-26(4,5)28-25(31)22(29)14-23(30)27-21-11-10-19-8-6-7-9-20(19)21/h6-9,12-13,21-22H,10-11,14-15H2,1-5H3,(H,27,30)(H,28,31)/t21-,22?/m1/s1. The lowest BCUT2D eigenvalue weighted by Gasteiger charge is -2.42. The second-order valence-corrected chi connectivity index (χ2v) is 12.1. The third-order valence-corrected chi connectivity index (χ3v) is 8.84. The molecule has 2 amide bonds. The van der Waals surface area contributed by atoms with Gasteiger partial charge in [-0.2, -0.15) is 4.31 Å². The number of amides is 2. The molecule has 0 bridgehead atoms. The van der Waals surface area contributed by atoms with Crippen LogP contribution in [0, 0.1) is 20.8 Å². The molecule has 182 valence electrons. The second kappa shape index (κ2) is 8.82. The van der Waals surface area contributed by atoms with Gasteiger partial charge in [0.1, 0.15) is 6.04 Å². The van der Waals surface area contributed by atoms with Gasteiger partial charge >= 0.3 is 0 Å². The number of nitrogens with one attached hydrogen (secondary N) is 2. The molecule has 1 saturated heterocycles. The van der Waals surface area contributed by atoms with Crippen LogP contribution in [0.2, 0.25) is 0 Å². The number of hydrogen-bond donors (Lipinski definition) is 2. The van der Waals surface area contributed by atoms with Gasteiger partial charge in [-0.05, 0) is 69.7 Å². The van der Waals surface area contributed by atoms with E-state index in [9.17, 15) is 18.0 Å². The Morgan fingerprint density at radius 2 is 1.79 bits per heavy atom. The molecule has 1 aliphatic heterocycles. The lowest BCUT2D eigenvalue weighted by Crippen LogP contribution is -2.66. The molecule has 1 heterocycles. The summed E-state index contributed by atoms with van der Waals surface area (Å²) in [5.74, 6) is -0.789. The molecule has 2 N–H and O–H groups in total. The molecule has 34 heavy (non-hydrogen) atoms. The number of carbonyl (C=O) groups excluding carboxylic acids is 2. The van der Waals surface area contributed by atoms with E-state index in [1.165, 1.54) is 9.87 Å². The van der Waals surface area contributed by atoms with E-state index in [0.717, 1.165) is 24.0 Å². The summed E-state index contributed by atoms with van der Waals surface area (Å²) in [6.07, 6.45) is 1.44. The number of fused-ring (bicyclic) bond motifs is 1. The van der Waals surface area contributed by atoms with Crippen molar-refractivity contribution in [2.24, 2.45) is 0 Å². The second-order valence-electron chi connectivity index (χ2n) is 10.2. The van der Waals surface area contributed by atoms with Gasteiger partial charge in [-0.3, -0.25) is 9.59 Å². The zero-order chi connectivity index (χ0) is 24.8. The Balaban J connectivity index is 1.63. The van der Waals surface area contributed by atoms with Crippen LogP contribution in [0.25, 0.3) is 0 Å². The maximum absolute atomic E-state index is 13.9. The molecule has 7 nitrogen and oxygen atoms in total. The average Bonchev–Trinajstić information content (AvgIpc) is 3.11. The Kier molecular flexibility index (Phi) is 6.33. The fourth-order valence-electron chi connectivity index (χ4n) is 5.36. The Labute approximate surface area is 202 Å². The predicted molar refractivity (Wildman–Crippen MR) is 131 cm³/mol. The van der Waals surface area contributed by atoms with Crippen LogP contribution in [-0.2, 0) is 26.0 Å². The van der Waals surface area contributed by atoms with Crippen molar-refractivity contribution < 1.29 is 18.0 Å². The fourth-order valence-corrected chi connectivity index (χ4v) is 7.52. The van der Waals surface area contributed by atoms with Crippen molar-refractivity contribution in [2.75, 3.05) is 6.54 Å². The van der Waals surface area contributed by atoms with Crippen LogP contribution >= 0.6 is 0 Å². The highest BCUT2D eigenvalue weighted by Gasteiger charge is 2.46. The monoisotopic (exact) mass is 483 g/mol. The van der Waals surface area contributed by atoms with Gasteiger partial charge in [0.05, 0.1) is 17.4 Å². The maximum Gasteiger partial charge on any atom is 0.244 e. The number of aryl methyl sites for hydroxylation is 4. The van der Waals surface area contributed by atoms with Crippen LogP contribution in [-0.4, -0.2) is 42.7 Å². The van der Waals surface area contributed by atoms with E-state index >= 15 is 0 Å². The van der Waals surface area contributed by atoms with E-state index in [1.54, 1.807) is 27.7 Å². The first-order valence-corrected chi connectivity index (χ1v) is 13.1. The van der Waals surface area contributed by atoms with E-state index < -0.39 is 27.5 Å². The lowest BCUT2D eigenvalue weighted by atomic mass is 9.98. The third kappa shape index (κ3) is 4.61. The quantitative estimate of drug-likeness (QED) is 0.683. The average molecular weight is 484 g/mol. The Morgan fingerprint density at radius 1 is 1.15 bits per heavy atom. The van der Waals surface area contributed by atoms with E-state index in [1.807, 2.05) is 37.3 Å². The van der Waals surface area contributed by atoms with Gasteiger partial charge in [-0.15, -0.1) is 0 Å². The molecule has 2 atom stereocenters. The van der Waals surface area contributed by atoms with Crippen LogP contribution < -0.4 is 10.6 Å². The zero-order valence-electron chi connectivity index (χ0n) is 20.4. The van der Waals surface area contributed by atoms with Crippen molar-refractivity contribution in [1.82, 2.24) is 14.9 Å². The number of rotatable bonds is 5. The number of sulfonamides is 1. The van der Waals surface area contributed by atoms with E-state index in [2.05, 4.69) is 16.7 Å². The minimum Gasteiger partial charge on any atom is -0.349 e. The number of carbonyl (C=O) groups is 2. The maximum atomic E-state index is 13.9. The smallest absolute Gasteiger partial charge is 0.244 e. The lowest BCUT2D eigenvalue weighted by molar-refractivity contribution is -0.134. The molecule has 1 fully saturated rings. The molecule has 0 saturated carbocycles. The molecule has 2 aromatic rings. The summed E-state index contributed by atoms with van der Waals surface area (Å²) < 4.78 is 29.0. The van der Waals surface area contributed by atoms with Gasteiger partial charge in [-0.25, -0.2) is 8.42 Å². The summed E-state index contributed by atoms with van der Waals surface area (Å²) in [4.78, 5) is 26.4. The molecule has 4 rings (SSSR count). The highest BCUT2D eigenvalue weighted by Crippen LogP contribution is 2.33. The van der Waals surface area contributed by atoms with Gasteiger partial charge < -0.3 is 10.6 Å². The summed E-state index contributed by atoms with van der Waals surface area (Å²) in [6.45, 7) is 9.10. The van der Waals surface area contributed by atoms with Crippen LogP contribution in [0.15, 0.2) is 41.3 Å². The highest BCUT2D eigenvalue weighted by atomic mass is 32.2. The minimum absolute atomic E-state index is 0.0814. The number of benzene rings is 2. The molecule has 2 aromatic carbocycles. The summed E-state index contributed by atoms with van der Waals surface area (Å²) in [5, 5.41) is 5.91. The molecular weight excluding hydrogens is 450 g/mol. The SMILES string of the molecule is Cc1cc(C)c(S(=O)(=O)N2CC(C)(C)NC(=O)C2CC(=O)N[C@@H]2CCc3ccccc32)c(C)c1. The fraction of sp³-hybridized carbons (Fsp3) is 0.462. The molecule has 1 unspecified atom stereocenters. The van der Waals surface area contributed by atoms with Crippen molar-refractivity contribution in [3.63, 3.8) is 0 Å². The van der Waals surface area contributed by atoms with E-state index in [0.29, 0.717) is 11.1 Å². The first kappa shape index (κ1) is 24.4. The van der Waals surface area contributed by atoms with Crippen LogP contribution in [0.5, 0.6) is 0 Å². The van der Waals surface area contributed by atoms with Crippen LogP contribution in [0.1, 0.15) is 60.5 Å². The first-order chi connectivity index (χ1) is 15.9. The highest BCUT2D eigenvalue weighted by molar-refractivity contribution is 7.89. The van der Waals surface area contributed by atoms with Crippen molar-refractivity contribution in [1.29, 1.82) is 0 Å². The van der Waals surface area contributed by atoms with Crippen LogP contribution in [0.3, 0.4) is 0 Å². The van der Waals surface area contributed by atoms with E-state index in [-0.39, 0.29) is 29.8 Å². The molecule has 8 heteroatoms. The van der Waals surface area contributed by atoms with Gasteiger partial charge in [0.25, 0.3) is 0 Å². The predicted octanol–water partition coefficient (Wildman–Crippen LogP) is 3.07. The number of hydrogen-bond acceptors (Lipinski definition) is 4. The normalized spacial score (nSPS) is 22.2. The van der Waals surface area contributed by atoms with Crippen molar-refractivity contribution in [3.8, 4) is 0 Å². The minimum atomic E-state index is -4.02. The summed E-state index contributed by atoms with van der Waals surface area (Å²) in [5.41, 5.74) is 3.77. The van der Waals surface area contributed by atoms with Gasteiger partial charge in [0, 0.05) is 12.1 Å². The summed E-state index contributed by atoms with van der Waals surface area (Å²) >= 11 is 0. The van der Waals surface area contributed by atoms with Crippen molar-refractivity contribution >= 4 is 21.8 Å². The molecular formula is C26H33N3O4S. The molecule has 0 radical (unpaired) electrons. The molecule has 0 spiro atoms. The largest absolute Gasteiger partial charge is 0.349 e. The number of piperazine rings is 1. The summed E-state index contributed by atoms with van der Waals surface area (Å²) in [7, 11) is -4.02.